The second-order valence-corrected chi connectivity index (χ2v) is 5.16. The summed E-state index contributed by atoms with van der Waals surface area (Å²) in [6, 6.07) is 2.00. The fourth-order valence-corrected chi connectivity index (χ4v) is 1.17. The number of rotatable bonds is 4. The van der Waals surface area contributed by atoms with Crippen LogP contribution in [0, 0.1) is 5.41 Å². The van der Waals surface area contributed by atoms with Gasteiger partial charge in [-0.3, -0.25) is 9.48 Å². The van der Waals surface area contributed by atoms with Crippen LogP contribution in [0.5, 0.6) is 0 Å². The van der Waals surface area contributed by atoms with E-state index >= 15 is 0 Å². The molecule has 0 aliphatic carbocycles. The number of aromatic nitrogens is 2. The zero-order valence-corrected chi connectivity index (χ0v) is 11.3. The molecule has 17 heavy (non-hydrogen) atoms. The lowest BCUT2D eigenvalue weighted by atomic mass is 9.92. The van der Waals surface area contributed by atoms with Gasteiger partial charge in [-0.25, -0.2) is 0 Å². The topological polar surface area (TPSA) is 72.9 Å². The van der Waals surface area contributed by atoms with Crippen molar-refractivity contribution in [1.29, 1.82) is 0 Å². The average molecular weight is 254 g/mol. The summed E-state index contributed by atoms with van der Waals surface area (Å²) in [7, 11) is 0. The molecular weight excluding hydrogens is 236 g/mol. The van der Waals surface area contributed by atoms with Gasteiger partial charge in [0.25, 0.3) is 0 Å². The number of nitrogens with two attached hydrogens (primary N) is 1. The Hall–Kier alpha value is -1.43. The Morgan fingerprint density at radius 2 is 2.18 bits per heavy atom. The van der Waals surface area contributed by atoms with Crippen LogP contribution >= 0.6 is 12.2 Å². The molecule has 0 atom stereocenters. The molecule has 0 saturated heterocycles. The van der Waals surface area contributed by atoms with Crippen molar-refractivity contribution in [1.82, 2.24) is 9.78 Å². The third-order valence-electron chi connectivity index (χ3n) is 2.56. The van der Waals surface area contributed by atoms with Crippen LogP contribution in [-0.2, 0) is 4.79 Å². The molecule has 0 radical (unpaired) electrons. The minimum Gasteiger partial charge on any atom is -0.392 e. The molecule has 0 aromatic carbocycles. The summed E-state index contributed by atoms with van der Waals surface area (Å²) >= 11 is 4.86. The third kappa shape index (κ3) is 3.03. The molecule has 0 spiro atoms. The summed E-state index contributed by atoms with van der Waals surface area (Å²) in [5.41, 5.74) is 4.65. The Balaban J connectivity index is 2.78. The number of amides is 1. The van der Waals surface area contributed by atoms with Crippen LogP contribution in [0.1, 0.15) is 33.7 Å². The Morgan fingerprint density at radius 3 is 2.59 bits per heavy atom. The summed E-state index contributed by atoms with van der Waals surface area (Å²) in [5.74, 6) is 0.257. The SMILES string of the molecule is CC(C)n1ccc(NC(=O)C(C)(C)C(N)=S)n1. The Kier molecular flexibility index (Phi) is 3.87. The first-order chi connectivity index (χ1) is 7.75. The molecule has 3 N–H and O–H groups in total. The van der Waals surface area contributed by atoms with Crippen molar-refractivity contribution in [2.75, 3.05) is 5.32 Å². The molecule has 5 nitrogen and oxygen atoms in total. The molecule has 0 aliphatic rings. The molecule has 0 aliphatic heterocycles. The third-order valence-corrected chi connectivity index (χ3v) is 3.07. The summed E-state index contributed by atoms with van der Waals surface area (Å²) in [6.45, 7) is 7.39. The maximum atomic E-state index is 11.9. The van der Waals surface area contributed by atoms with Crippen molar-refractivity contribution in [3.63, 3.8) is 0 Å². The predicted octanol–water partition coefficient (Wildman–Crippen LogP) is 1.71. The van der Waals surface area contributed by atoms with E-state index in [9.17, 15) is 4.79 Å². The van der Waals surface area contributed by atoms with Crippen molar-refractivity contribution in [2.45, 2.75) is 33.7 Å². The van der Waals surface area contributed by atoms with Crippen molar-refractivity contribution < 1.29 is 4.79 Å². The highest BCUT2D eigenvalue weighted by Crippen LogP contribution is 2.18. The van der Waals surface area contributed by atoms with Gasteiger partial charge in [-0.1, -0.05) is 12.2 Å². The smallest absolute Gasteiger partial charge is 0.238 e. The zero-order chi connectivity index (χ0) is 13.2. The van der Waals surface area contributed by atoms with Crippen LogP contribution in [0.3, 0.4) is 0 Å². The van der Waals surface area contributed by atoms with Crippen LogP contribution in [0.2, 0.25) is 0 Å². The number of anilines is 1. The van der Waals surface area contributed by atoms with E-state index in [0.29, 0.717) is 5.82 Å². The highest BCUT2D eigenvalue weighted by Gasteiger charge is 2.31. The van der Waals surface area contributed by atoms with Gasteiger partial charge in [0.15, 0.2) is 5.82 Å². The van der Waals surface area contributed by atoms with Gasteiger partial charge in [0, 0.05) is 18.3 Å². The summed E-state index contributed by atoms with van der Waals surface area (Å²) in [6.07, 6.45) is 1.81. The highest BCUT2D eigenvalue weighted by atomic mass is 32.1. The van der Waals surface area contributed by atoms with E-state index in [1.165, 1.54) is 0 Å². The fraction of sp³-hybridized carbons (Fsp3) is 0.545. The fourth-order valence-electron chi connectivity index (χ4n) is 1.08. The lowest BCUT2D eigenvalue weighted by molar-refractivity contribution is -0.121. The summed E-state index contributed by atoms with van der Waals surface area (Å²) in [4.78, 5) is 12.1. The van der Waals surface area contributed by atoms with Crippen molar-refractivity contribution >= 4 is 28.9 Å². The molecule has 1 aromatic rings. The quantitative estimate of drug-likeness (QED) is 0.802. The molecule has 6 heteroatoms. The Morgan fingerprint density at radius 1 is 1.59 bits per heavy atom. The Labute approximate surface area is 106 Å². The van der Waals surface area contributed by atoms with E-state index in [1.807, 2.05) is 20.0 Å². The number of carbonyl (C=O) groups is 1. The van der Waals surface area contributed by atoms with E-state index in [4.69, 9.17) is 18.0 Å². The second kappa shape index (κ2) is 4.83. The van der Waals surface area contributed by atoms with Gasteiger partial charge < -0.3 is 11.1 Å². The number of hydrogen-bond acceptors (Lipinski definition) is 3. The maximum Gasteiger partial charge on any atom is 0.238 e. The molecule has 94 valence electrons. The standard InChI is InChI=1S/C11H18N4OS/c1-7(2)15-6-5-8(14-15)13-10(16)11(3,4)9(12)17/h5-7H,1-4H3,(H2,12,17)(H,13,14,16). The lowest BCUT2D eigenvalue weighted by Crippen LogP contribution is -2.41. The summed E-state index contributed by atoms with van der Waals surface area (Å²) < 4.78 is 1.77. The zero-order valence-electron chi connectivity index (χ0n) is 10.5. The maximum absolute atomic E-state index is 11.9. The van der Waals surface area contributed by atoms with Crippen LogP contribution in [-0.4, -0.2) is 20.7 Å². The van der Waals surface area contributed by atoms with Crippen LogP contribution in [0.4, 0.5) is 5.82 Å². The van der Waals surface area contributed by atoms with Crippen LogP contribution in [0.15, 0.2) is 12.3 Å². The first-order valence-electron chi connectivity index (χ1n) is 5.41. The number of carbonyl (C=O) groups excluding carboxylic acids is 1. The van der Waals surface area contributed by atoms with Crippen molar-refractivity contribution in [3.8, 4) is 0 Å². The van der Waals surface area contributed by atoms with Gasteiger partial charge in [0.05, 0.1) is 10.4 Å². The molecule has 1 amide bonds. The Bertz CT molecular complexity index is 436. The van der Waals surface area contributed by atoms with E-state index < -0.39 is 5.41 Å². The number of hydrogen-bond donors (Lipinski definition) is 2. The number of nitrogens with one attached hydrogen (secondary N) is 1. The first-order valence-corrected chi connectivity index (χ1v) is 5.82. The van der Waals surface area contributed by atoms with E-state index in [0.717, 1.165) is 0 Å². The lowest BCUT2D eigenvalue weighted by Gasteiger charge is -2.21. The van der Waals surface area contributed by atoms with E-state index in [1.54, 1.807) is 24.6 Å². The molecule has 1 rings (SSSR count). The molecular formula is C11H18N4OS. The number of nitrogens with zero attached hydrogens (tertiary/aromatic N) is 2. The van der Waals surface area contributed by atoms with Gasteiger partial charge in [-0.05, 0) is 27.7 Å². The summed E-state index contributed by atoms with van der Waals surface area (Å²) in [5, 5.41) is 6.92. The van der Waals surface area contributed by atoms with Gasteiger partial charge in [0.1, 0.15) is 0 Å². The molecule has 1 heterocycles. The monoisotopic (exact) mass is 254 g/mol. The minimum absolute atomic E-state index is 0.165. The largest absolute Gasteiger partial charge is 0.392 e. The number of thiocarbonyl (C=S) groups is 1. The van der Waals surface area contributed by atoms with Gasteiger partial charge in [-0.15, -0.1) is 0 Å². The molecule has 0 unspecified atom stereocenters. The first kappa shape index (κ1) is 13.6. The van der Waals surface area contributed by atoms with Crippen LogP contribution in [0.25, 0.3) is 0 Å². The van der Waals surface area contributed by atoms with E-state index in [-0.39, 0.29) is 16.9 Å². The molecule has 1 aromatic heterocycles. The van der Waals surface area contributed by atoms with Crippen molar-refractivity contribution in [2.24, 2.45) is 11.1 Å². The van der Waals surface area contributed by atoms with E-state index in [2.05, 4.69) is 10.4 Å². The van der Waals surface area contributed by atoms with Gasteiger partial charge >= 0.3 is 0 Å². The molecule has 0 saturated carbocycles. The predicted molar refractivity (Wildman–Crippen MR) is 71.8 cm³/mol. The van der Waals surface area contributed by atoms with Crippen molar-refractivity contribution in [3.05, 3.63) is 12.3 Å². The van der Waals surface area contributed by atoms with Crippen LogP contribution < -0.4 is 11.1 Å². The van der Waals surface area contributed by atoms with Gasteiger partial charge in [0.2, 0.25) is 5.91 Å². The highest BCUT2D eigenvalue weighted by molar-refractivity contribution is 7.80. The normalized spacial score (nSPS) is 11.6. The molecule has 0 bridgehead atoms. The molecule has 0 fully saturated rings. The second-order valence-electron chi connectivity index (χ2n) is 4.72. The average Bonchev–Trinajstić information content (AvgIpc) is 2.65. The minimum atomic E-state index is -0.878. The van der Waals surface area contributed by atoms with Gasteiger partial charge in [-0.2, -0.15) is 5.10 Å².